The maximum Gasteiger partial charge on any atom is 0.283 e. The predicted octanol–water partition coefficient (Wildman–Crippen LogP) is 3.72. The number of benzene rings is 2. The molecule has 1 N–H and O–H groups in total. The van der Waals surface area contributed by atoms with Crippen molar-refractivity contribution in [2.75, 3.05) is 5.32 Å². The monoisotopic (exact) mass is 382 g/mol. The van der Waals surface area contributed by atoms with Gasteiger partial charge in [0.25, 0.3) is 5.56 Å². The summed E-state index contributed by atoms with van der Waals surface area (Å²) in [6.07, 6.45) is 3.44. The lowest BCUT2D eigenvalue weighted by atomic mass is 10.2. The summed E-state index contributed by atoms with van der Waals surface area (Å²) in [5.74, 6) is 0. The molecule has 5 nitrogen and oxygen atoms in total. The van der Waals surface area contributed by atoms with Crippen LogP contribution >= 0.6 is 0 Å². The minimum Gasteiger partial charge on any atom is -0.378 e. The van der Waals surface area contributed by atoms with Gasteiger partial charge in [0.2, 0.25) is 0 Å². The lowest BCUT2D eigenvalue weighted by Gasteiger charge is -2.04. The van der Waals surface area contributed by atoms with E-state index in [0.29, 0.717) is 29.8 Å². The maximum absolute atomic E-state index is 13.3. The zero-order valence-corrected chi connectivity index (χ0v) is 16.2. The third kappa shape index (κ3) is 4.24. The normalized spacial score (nSPS) is 11.6. The standard InChI is InChI=1S/C24H22N4O/c1-18-9-8-14-28-23(18)27-17-21(25-15-19-10-4-2-5-11-19)22(24(28)29)26-16-20-12-6-3-7-13-20/h2-14,17,25H,15-16H2,1H3. The number of aryl methyl sites for hydroxylation is 1. The van der Waals surface area contributed by atoms with Gasteiger partial charge >= 0.3 is 0 Å². The molecule has 0 amide bonds. The second kappa shape index (κ2) is 8.52. The number of anilines is 1. The summed E-state index contributed by atoms with van der Waals surface area (Å²) >= 11 is 0. The van der Waals surface area contributed by atoms with Gasteiger partial charge in [-0.15, -0.1) is 0 Å². The highest BCUT2D eigenvalue weighted by molar-refractivity contribution is 5.49. The van der Waals surface area contributed by atoms with Crippen molar-refractivity contribution < 1.29 is 0 Å². The van der Waals surface area contributed by atoms with E-state index in [9.17, 15) is 4.79 Å². The summed E-state index contributed by atoms with van der Waals surface area (Å²) < 4.78 is 1.56. The fourth-order valence-corrected chi connectivity index (χ4v) is 3.18. The van der Waals surface area contributed by atoms with E-state index in [2.05, 4.69) is 15.3 Å². The van der Waals surface area contributed by atoms with Crippen molar-refractivity contribution in [3.63, 3.8) is 0 Å². The Bertz CT molecular complexity index is 1250. The molecule has 2 heterocycles. The number of hydrogen-bond donors (Lipinski definition) is 1. The summed E-state index contributed by atoms with van der Waals surface area (Å²) in [5, 5.41) is 3.73. The number of fused-ring (bicyclic) bond motifs is 1. The van der Waals surface area contributed by atoms with Crippen LogP contribution in [-0.4, -0.2) is 9.38 Å². The first-order chi connectivity index (χ1) is 14.2. The van der Waals surface area contributed by atoms with Crippen LogP contribution in [-0.2, 0) is 13.1 Å². The molecule has 4 rings (SSSR count). The Morgan fingerprint density at radius 3 is 2.34 bits per heavy atom. The van der Waals surface area contributed by atoms with E-state index in [1.807, 2.05) is 79.7 Å². The van der Waals surface area contributed by atoms with Gasteiger partial charge in [-0.1, -0.05) is 66.7 Å². The van der Waals surface area contributed by atoms with Crippen LogP contribution in [0.25, 0.3) is 5.65 Å². The maximum atomic E-state index is 13.3. The van der Waals surface area contributed by atoms with Crippen LogP contribution < -0.4 is 16.2 Å². The Morgan fingerprint density at radius 2 is 1.62 bits per heavy atom. The molecule has 2 aromatic carbocycles. The van der Waals surface area contributed by atoms with Gasteiger partial charge in [0, 0.05) is 12.7 Å². The highest BCUT2D eigenvalue weighted by Crippen LogP contribution is 2.07. The first-order valence-electron chi connectivity index (χ1n) is 9.56. The van der Waals surface area contributed by atoms with Gasteiger partial charge in [0.15, 0.2) is 0 Å². The fraction of sp³-hybridized carbons (Fsp3) is 0.125. The lowest BCUT2D eigenvalue weighted by molar-refractivity contribution is 0.965. The fourth-order valence-electron chi connectivity index (χ4n) is 3.18. The van der Waals surface area contributed by atoms with Crippen molar-refractivity contribution in [1.29, 1.82) is 0 Å². The molecule has 0 aliphatic rings. The summed E-state index contributed by atoms with van der Waals surface area (Å²) in [5.41, 5.74) is 4.16. The molecule has 0 aliphatic carbocycles. The largest absolute Gasteiger partial charge is 0.378 e. The van der Waals surface area contributed by atoms with E-state index < -0.39 is 0 Å². The summed E-state index contributed by atoms with van der Waals surface area (Å²) in [6.45, 7) is 2.95. The first-order valence-corrected chi connectivity index (χ1v) is 9.56. The van der Waals surface area contributed by atoms with E-state index in [-0.39, 0.29) is 5.56 Å². The van der Waals surface area contributed by atoms with Crippen LogP contribution in [0.5, 0.6) is 0 Å². The van der Waals surface area contributed by atoms with Gasteiger partial charge in [-0.25, -0.2) is 4.98 Å². The van der Waals surface area contributed by atoms with Crippen LogP contribution in [0.1, 0.15) is 16.7 Å². The van der Waals surface area contributed by atoms with Crippen LogP contribution in [0.4, 0.5) is 5.69 Å². The van der Waals surface area contributed by atoms with Gasteiger partial charge in [0.1, 0.15) is 11.0 Å². The molecule has 5 heteroatoms. The van der Waals surface area contributed by atoms with Gasteiger partial charge < -0.3 is 5.32 Å². The molecule has 0 bridgehead atoms. The average Bonchev–Trinajstić information content (AvgIpc) is 2.90. The van der Waals surface area contributed by atoms with E-state index in [0.717, 1.165) is 16.7 Å². The van der Waals surface area contributed by atoms with Crippen molar-refractivity contribution in [1.82, 2.24) is 9.38 Å². The number of nitrogens with one attached hydrogen (secondary N) is 1. The van der Waals surface area contributed by atoms with E-state index in [1.165, 1.54) is 0 Å². The molecule has 144 valence electrons. The summed E-state index contributed by atoms with van der Waals surface area (Å²) in [7, 11) is 0. The SMILES string of the molecule is Cc1cccn2c(=O)c(=NCc3ccccc3)c(NCc3ccccc3)cnc12. The third-order valence-corrected chi connectivity index (χ3v) is 4.74. The smallest absolute Gasteiger partial charge is 0.283 e. The van der Waals surface area contributed by atoms with Crippen LogP contribution in [0.15, 0.2) is 95.0 Å². The summed E-state index contributed by atoms with van der Waals surface area (Å²) in [4.78, 5) is 22.6. The molecule has 0 spiro atoms. The molecule has 0 fully saturated rings. The minimum absolute atomic E-state index is 0.187. The quantitative estimate of drug-likeness (QED) is 0.572. The van der Waals surface area contributed by atoms with Gasteiger partial charge in [-0.2, -0.15) is 0 Å². The first kappa shape index (κ1) is 18.6. The van der Waals surface area contributed by atoms with Gasteiger partial charge in [-0.3, -0.25) is 14.2 Å². The Balaban J connectivity index is 1.84. The number of pyridine rings is 1. The number of aromatic nitrogens is 2. The molecule has 0 unspecified atom stereocenters. The molecule has 0 saturated carbocycles. The van der Waals surface area contributed by atoms with E-state index in [4.69, 9.17) is 0 Å². The molecule has 4 aromatic rings. The van der Waals surface area contributed by atoms with Crippen molar-refractivity contribution in [3.05, 3.63) is 118 Å². The van der Waals surface area contributed by atoms with Crippen molar-refractivity contribution in [2.24, 2.45) is 4.99 Å². The van der Waals surface area contributed by atoms with Gasteiger partial charge in [0.05, 0.1) is 18.4 Å². The lowest BCUT2D eigenvalue weighted by Crippen LogP contribution is -2.31. The highest BCUT2D eigenvalue weighted by Gasteiger charge is 2.06. The molecule has 2 aromatic heterocycles. The molecular formula is C24H22N4O. The molecule has 0 radical (unpaired) electrons. The molecule has 0 saturated heterocycles. The Labute approximate surface area is 169 Å². The van der Waals surface area contributed by atoms with Crippen molar-refractivity contribution in [2.45, 2.75) is 20.0 Å². The van der Waals surface area contributed by atoms with Crippen molar-refractivity contribution >= 4 is 11.3 Å². The highest BCUT2D eigenvalue weighted by atomic mass is 16.1. The van der Waals surface area contributed by atoms with Crippen molar-refractivity contribution in [3.8, 4) is 0 Å². The van der Waals surface area contributed by atoms with Crippen LogP contribution in [0.3, 0.4) is 0 Å². The van der Waals surface area contributed by atoms with Crippen LogP contribution in [0, 0.1) is 6.92 Å². The zero-order chi connectivity index (χ0) is 20.1. The minimum atomic E-state index is -0.187. The topological polar surface area (TPSA) is 58.8 Å². The van der Waals surface area contributed by atoms with Gasteiger partial charge in [-0.05, 0) is 29.7 Å². The second-order valence-electron chi connectivity index (χ2n) is 6.85. The second-order valence-corrected chi connectivity index (χ2v) is 6.85. The van der Waals surface area contributed by atoms with E-state index >= 15 is 0 Å². The van der Waals surface area contributed by atoms with Crippen LogP contribution in [0.2, 0.25) is 0 Å². The third-order valence-electron chi connectivity index (χ3n) is 4.74. The Morgan fingerprint density at radius 1 is 0.931 bits per heavy atom. The predicted molar refractivity (Wildman–Crippen MR) is 116 cm³/mol. The molecular weight excluding hydrogens is 360 g/mol. The van der Waals surface area contributed by atoms with E-state index in [1.54, 1.807) is 16.8 Å². The number of nitrogens with zero attached hydrogens (tertiary/aromatic N) is 3. The Kier molecular flexibility index (Phi) is 5.47. The molecule has 29 heavy (non-hydrogen) atoms. The number of hydrogen-bond acceptors (Lipinski definition) is 4. The zero-order valence-electron chi connectivity index (χ0n) is 16.2. The summed E-state index contributed by atoms with van der Waals surface area (Å²) in [6, 6.07) is 23.8. The molecule has 0 atom stereocenters. The Hall–Kier alpha value is -3.73. The number of rotatable bonds is 5. The average molecular weight is 382 g/mol. The molecule has 0 aliphatic heterocycles.